The molecule has 2 N–H and O–H groups in total. The molecular formula is C32H30N8O7. The topological polar surface area (TPSA) is 174 Å². The highest BCUT2D eigenvalue weighted by molar-refractivity contribution is 6.04. The molecule has 1 aromatic heterocycles. The van der Waals surface area contributed by atoms with E-state index >= 15 is 0 Å². The van der Waals surface area contributed by atoms with Crippen LogP contribution in [0.3, 0.4) is 0 Å². The smallest absolute Gasteiger partial charge is 0.414 e. The number of ether oxygens (including phenoxy) is 2. The van der Waals surface area contributed by atoms with Crippen LogP contribution in [0.2, 0.25) is 0 Å². The molecule has 0 radical (unpaired) electrons. The van der Waals surface area contributed by atoms with Crippen LogP contribution >= 0.6 is 0 Å². The van der Waals surface area contributed by atoms with Gasteiger partial charge in [-0.15, -0.1) is 15.2 Å². The number of nitrogens with one attached hydrogen (secondary N) is 2. The summed E-state index contributed by atoms with van der Waals surface area (Å²) < 4.78 is 10.3. The van der Waals surface area contributed by atoms with Crippen LogP contribution in [0.1, 0.15) is 40.2 Å². The molecule has 1 amide bonds. The first-order valence-electron chi connectivity index (χ1n) is 14.6. The summed E-state index contributed by atoms with van der Waals surface area (Å²) in [6.45, 7) is 3.66. The first kappa shape index (κ1) is 30.9. The second-order valence-corrected chi connectivity index (χ2v) is 10.8. The Bertz CT molecular complexity index is 1860. The number of carbonyl (C=O) groups excluding carboxylic acids is 2. The lowest BCUT2D eigenvalue weighted by Gasteiger charge is -2.29. The summed E-state index contributed by atoms with van der Waals surface area (Å²) in [6, 6.07) is 21.8. The van der Waals surface area contributed by atoms with Gasteiger partial charge in [0.1, 0.15) is 24.0 Å². The molecule has 3 heterocycles. The second-order valence-electron chi connectivity index (χ2n) is 10.8. The fraction of sp³-hybridized carbons (Fsp3) is 0.219. The lowest BCUT2D eigenvalue weighted by molar-refractivity contribution is -0.763. The lowest BCUT2D eigenvalue weighted by Crippen LogP contribution is -2.43. The van der Waals surface area contributed by atoms with E-state index in [1.165, 1.54) is 17.3 Å². The van der Waals surface area contributed by atoms with Gasteiger partial charge in [0.05, 0.1) is 6.54 Å². The highest BCUT2D eigenvalue weighted by atomic mass is 16.9. The number of carbonyl (C=O) groups is 2. The average Bonchev–Trinajstić information content (AvgIpc) is 3.54. The largest absolute Gasteiger partial charge is 0.515 e. The van der Waals surface area contributed by atoms with Crippen LogP contribution in [-0.4, -0.2) is 44.8 Å². The van der Waals surface area contributed by atoms with E-state index in [1.54, 1.807) is 17.0 Å². The maximum Gasteiger partial charge on any atom is 0.515 e. The number of aromatic nitrogens is 2. The summed E-state index contributed by atoms with van der Waals surface area (Å²) >= 11 is 0. The van der Waals surface area contributed by atoms with Crippen molar-refractivity contribution in [3.05, 3.63) is 117 Å². The van der Waals surface area contributed by atoms with Gasteiger partial charge >= 0.3 is 6.16 Å². The van der Waals surface area contributed by atoms with E-state index in [-0.39, 0.29) is 25.0 Å². The normalized spacial score (nSPS) is 14.0. The van der Waals surface area contributed by atoms with Crippen molar-refractivity contribution in [3.8, 4) is 16.9 Å². The minimum atomic E-state index is -0.984. The fourth-order valence-electron chi connectivity index (χ4n) is 5.33. The molecule has 4 aromatic rings. The average molecular weight is 639 g/mol. The van der Waals surface area contributed by atoms with E-state index < -0.39 is 11.2 Å². The highest BCUT2D eigenvalue weighted by Gasteiger charge is 2.28. The quantitative estimate of drug-likeness (QED) is 0.110. The zero-order valence-electron chi connectivity index (χ0n) is 25.5. The molecule has 47 heavy (non-hydrogen) atoms. The summed E-state index contributed by atoms with van der Waals surface area (Å²) in [5, 5.41) is 15.2. The van der Waals surface area contributed by atoms with Crippen LogP contribution in [0.25, 0.3) is 11.1 Å². The minimum absolute atomic E-state index is 0.0403. The molecule has 0 atom stereocenters. The first-order valence-corrected chi connectivity index (χ1v) is 14.6. The predicted molar refractivity (Wildman–Crippen MR) is 168 cm³/mol. The number of hydrogen-bond donors (Lipinski definition) is 2. The van der Waals surface area contributed by atoms with Crippen molar-refractivity contribution < 1.29 is 29.0 Å². The Kier molecular flexibility index (Phi) is 8.88. The Morgan fingerprint density at radius 3 is 2.55 bits per heavy atom. The van der Waals surface area contributed by atoms with E-state index in [2.05, 4.69) is 30.9 Å². The summed E-state index contributed by atoms with van der Waals surface area (Å²) in [5.41, 5.74) is 11.8. The van der Waals surface area contributed by atoms with Gasteiger partial charge in [0.15, 0.2) is 12.6 Å². The van der Waals surface area contributed by atoms with Crippen LogP contribution in [-0.2, 0) is 33.9 Å². The van der Waals surface area contributed by atoms with Crippen LogP contribution in [0, 0.1) is 24.0 Å². The Labute approximate surface area is 268 Å². The number of rotatable bonds is 10. The second kappa shape index (κ2) is 13.5. The molecule has 0 saturated carbocycles. The number of benzene rings is 3. The number of fused-ring (bicyclic) bond motifs is 1. The molecule has 0 saturated heterocycles. The van der Waals surface area contributed by atoms with Crippen molar-refractivity contribution in [2.45, 2.75) is 39.8 Å². The third-order valence-corrected chi connectivity index (χ3v) is 7.51. The monoisotopic (exact) mass is 638 g/mol. The van der Waals surface area contributed by atoms with Crippen molar-refractivity contribution in [3.63, 3.8) is 0 Å². The van der Waals surface area contributed by atoms with Crippen LogP contribution in [0.4, 0.5) is 10.6 Å². The van der Waals surface area contributed by atoms with Gasteiger partial charge < -0.3 is 14.3 Å². The van der Waals surface area contributed by atoms with Crippen molar-refractivity contribution in [1.29, 1.82) is 0 Å². The fourth-order valence-corrected chi connectivity index (χ4v) is 5.33. The van der Waals surface area contributed by atoms with Gasteiger partial charge in [0.25, 0.3) is 5.09 Å². The Hall–Kier alpha value is -6.09. The standard InChI is InChI=1S/C32H30N8O7/c1-20-26-14-15-29(41)38(31(26)34-21(2)33-20)17-22-10-12-24(13-11-22)27-8-3-4-9-28(27)30-35-37-39(36-30)19-45-32(42)47-25-7-5-6-23(16-25)18-46-40(43)44/h3-13,16,37H,14-15,17-19H2,1-2H3,(H,35,36). The van der Waals surface area contributed by atoms with Gasteiger partial charge in [-0.3, -0.25) is 15.1 Å². The van der Waals surface area contributed by atoms with E-state index in [9.17, 15) is 19.7 Å². The SMILES string of the molecule is Cc1nc(C)c2c(n1)N(Cc1ccc(-c3ccccc3C3=NNN(COC(=O)Oc4cccc(CO[N+](=O)[O-])c4)N3)cc1)C(=O)CC2. The van der Waals surface area contributed by atoms with Crippen molar-refractivity contribution >= 4 is 23.7 Å². The number of amidine groups is 1. The molecule has 3 aromatic carbocycles. The highest BCUT2D eigenvalue weighted by Crippen LogP contribution is 2.30. The van der Waals surface area contributed by atoms with Crippen molar-refractivity contribution in [2.24, 2.45) is 5.10 Å². The minimum Gasteiger partial charge on any atom is -0.414 e. The summed E-state index contributed by atoms with van der Waals surface area (Å²) in [7, 11) is 0. The van der Waals surface area contributed by atoms with Gasteiger partial charge in [0.2, 0.25) is 5.91 Å². The number of hydrogen-bond acceptors (Lipinski definition) is 13. The van der Waals surface area contributed by atoms with Gasteiger partial charge in [-0.1, -0.05) is 65.8 Å². The number of hydrazone groups is 1. The number of amides is 1. The van der Waals surface area contributed by atoms with Gasteiger partial charge in [-0.25, -0.2) is 20.3 Å². The molecule has 0 fully saturated rings. The van der Waals surface area contributed by atoms with Crippen molar-refractivity contribution in [2.75, 3.05) is 11.6 Å². The molecule has 2 aliphatic rings. The molecule has 15 nitrogen and oxygen atoms in total. The van der Waals surface area contributed by atoms with Crippen LogP contribution in [0.5, 0.6) is 5.75 Å². The van der Waals surface area contributed by atoms with Gasteiger partial charge in [-0.05, 0) is 54.7 Å². The predicted octanol–water partition coefficient (Wildman–Crippen LogP) is 4.11. The molecule has 0 spiro atoms. The molecule has 6 rings (SSSR count). The maximum atomic E-state index is 12.9. The molecule has 0 aliphatic carbocycles. The number of aryl methyl sites for hydroxylation is 2. The zero-order chi connectivity index (χ0) is 32.9. The molecule has 240 valence electrons. The summed E-state index contributed by atoms with van der Waals surface area (Å²) in [4.78, 5) is 50.7. The molecular weight excluding hydrogens is 608 g/mol. The van der Waals surface area contributed by atoms with E-state index in [4.69, 9.17) is 9.47 Å². The first-order chi connectivity index (χ1) is 22.7. The van der Waals surface area contributed by atoms with Crippen LogP contribution in [0.15, 0.2) is 77.9 Å². The van der Waals surface area contributed by atoms with Gasteiger partial charge in [0, 0.05) is 23.2 Å². The zero-order valence-corrected chi connectivity index (χ0v) is 25.5. The van der Waals surface area contributed by atoms with Crippen LogP contribution < -0.4 is 20.6 Å². The van der Waals surface area contributed by atoms with E-state index in [0.717, 1.165) is 33.5 Å². The Morgan fingerprint density at radius 2 is 1.77 bits per heavy atom. The molecule has 0 unspecified atom stereocenters. The summed E-state index contributed by atoms with van der Waals surface area (Å²) in [6.07, 6.45) is 0.0880. The number of hydrazine groups is 2. The van der Waals surface area contributed by atoms with Crippen molar-refractivity contribution in [1.82, 2.24) is 26.0 Å². The Morgan fingerprint density at radius 1 is 0.979 bits per heavy atom. The number of nitrogens with zero attached hydrogens (tertiary/aromatic N) is 6. The molecule has 2 aliphatic heterocycles. The van der Waals surface area contributed by atoms with E-state index in [1.807, 2.05) is 62.4 Å². The molecule has 15 heteroatoms. The van der Waals surface area contributed by atoms with E-state index in [0.29, 0.717) is 42.4 Å². The maximum absolute atomic E-state index is 12.9. The van der Waals surface area contributed by atoms with Gasteiger partial charge in [-0.2, -0.15) is 0 Å². The third kappa shape index (κ3) is 7.26. The molecule has 0 bridgehead atoms. The summed E-state index contributed by atoms with van der Waals surface area (Å²) in [5.74, 6) is 2.01. The number of anilines is 1. The third-order valence-electron chi connectivity index (χ3n) is 7.51. The Balaban J connectivity index is 1.07. The lowest BCUT2D eigenvalue weighted by atomic mass is 9.97.